The molecule has 5 atom stereocenters. The minimum Gasteiger partial charge on any atom is -0.455 e. The van der Waals surface area contributed by atoms with Crippen LogP contribution in [0, 0.1) is 5.92 Å². The highest BCUT2D eigenvalue weighted by Crippen LogP contribution is 2.38. The lowest BCUT2D eigenvalue weighted by Gasteiger charge is -2.36. The molecule has 0 amide bonds. The Morgan fingerprint density at radius 2 is 2.14 bits per heavy atom. The third-order valence-electron chi connectivity index (χ3n) is 4.28. The van der Waals surface area contributed by atoms with Gasteiger partial charge in [-0.1, -0.05) is 12.7 Å². The molecule has 1 aliphatic heterocycles. The minimum absolute atomic E-state index is 0.0492. The molecule has 6 heteroatoms. The third-order valence-corrected chi connectivity index (χ3v) is 4.28. The van der Waals surface area contributed by atoms with Crippen LogP contribution in [0.5, 0.6) is 0 Å². The number of rotatable bonds is 1. The Morgan fingerprint density at radius 1 is 1.48 bits per heavy atom. The summed E-state index contributed by atoms with van der Waals surface area (Å²) >= 11 is 0. The van der Waals surface area contributed by atoms with Gasteiger partial charge >= 0.3 is 5.97 Å². The summed E-state index contributed by atoms with van der Waals surface area (Å²) in [5, 5.41) is 31.0. The highest BCUT2D eigenvalue weighted by molar-refractivity contribution is 5.91. The monoisotopic (exact) mass is 296 g/mol. The van der Waals surface area contributed by atoms with Crippen molar-refractivity contribution in [3.05, 3.63) is 23.8 Å². The molecule has 0 aromatic carbocycles. The van der Waals surface area contributed by atoms with Crippen molar-refractivity contribution >= 4 is 12.3 Å². The lowest BCUT2D eigenvalue weighted by molar-refractivity contribution is -0.162. The van der Waals surface area contributed by atoms with Gasteiger partial charge < -0.3 is 20.1 Å². The number of carbonyl (C=O) groups is 2. The molecule has 2 aliphatic rings. The molecule has 0 bridgehead atoms. The molecule has 1 heterocycles. The SMILES string of the molecule is C=C1C(=O)O[C@H]2[C@H]1[C@@H](O)C/C(C=O)=C\CC[C@](C)(O)[C@@H]2O. The van der Waals surface area contributed by atoms with Gasteiger partial charge in [-0.05, 0) is 25.3 Å². The van der Waals surface area contributed by atoms with E-state index in [1.807, 2.05) is 0 Å². The fourth-order valence-electron chi connectivity index (χ4n) is 2.92. The van der Waals surface area contributed by atoms with Crippen molar-refractivity contribution in [3.63, 3.8) is 0 Å². The van der Waals surface area contributed by atoms with E-state index in [1.54, 1.807) is 6.08 Å². The smallest absolute Gasteiger partial charge is 0.334 e. The summed E-state index contributed by atoms with van der Waals surface area (Å²) in [6.45, 7) is 5.03. The topological polar surface area (TPSA) is 104 Å². The number of aldehydes is 1. The molecule has 1 aliphatic carbocycles. The van der Waals surface area contributed by atoms with E-state index in [1.165, 1.54) is 6.92 Å². The van der Waals surface area contributed by atoms with Crippen molar-refractivity contribution in [2.45, 2.75) is 50.1 Å². The van der Waals surface area contributed by atoms with Gasteiger partial charge in [0.15, 0.2) is 0 Å². The number of hydrogen-bond acceptors (Lipinski definition) is 6. The van der Waals surface area contributed by atoms with E-state index in [-0.39, 0.29) is 18.4 Å². The first-order chi connectivity index (χ1) is 9.77. The van der Waals surface area contributed by atoms with Crippen LogP contribution in [0.3, 0.4) is 0 Å². The summed E-state index contributed by atoms with van der Waals surface area (Å²) in [7, 11) is 0. The maximum Gasteiger partial charge on any atom is 0.334 e. The summed E-state index contributed by atoms with van der Waals surface area (Å²) in [5.74, 6) is -1.55. The largest absolute Gasteiger partial charge is 0.455 e. The molecule has 1 fully saturated rings. The van der Waals surface area contributed by atoms with Crippen molar-refractivity contribution in [1.82, 2.24) is 0 Å². The average molecular weight is 296 g/mol. The van der Waals surface area contributed by atoms with E-state index in [9.17, 15) is 24.9 Å². The molecule has 21 heavy (non-hydrogen) atoms. The lowest BCUT2D eigenvalue weighted by atomic mass is 9.78. The zero-order valence-corrected chi connectivity index (χ0v) is 11.9. The first-order valence-electron chi connectivity index (χ1n) is 6.90. The first kappa shape index (κ1) is 15.9. The van der Waals surface area contributed by atoms with E-state index in [4.69, 9.17) is 4.74 Å². The number of allylic oxidation sites excluding steroid dienone is 1. The second-order valence-electron chi connectivity index (χ2n) is 5.93. The van der Waals surface area contributed by atoms with Crippen LogP contribution in [0.25, 0.3) is 0 Å². The minimum atomic E-state index is -1.50. The molecule has 2 rings (SSSR count). The molecule has 0 spiro atoms. The van der Waals surface area contributed by atoms with E-state index < -0.39 is 35.8 Å². The maximum absolute atomic E-state index is 11.7. The van der Waals surface area contributed by atoms with Crippen LogP contribution in [-0.2, 0) is 14.3 Å². The molecular weight excluding hydrogens is 276 g/mol. The number of aliphatic hydroxyl groups is 3. The molecule has 0 radical (unpaired) electrons. The summed E-state index contributed by atoms with van der Waals surface area (Å²) < 4.78 is 5.08. The number of fused-ring (bicyclic) bond motifs is 1. The number of carbonyl (C=O) groups excluding carboxylic acids is 2. The third kappa shape index (κ3) is 2.92. The van der Waals surface area contributed by atoms with Crippen molar-refractivity contribution in [1.29, 1.82) is 0 Å². The van der Waals surface area contributed by atoms with Gasteiger partial charge in [0.05, 0.1) is 17.6 Å². The van der Waals surface area contributed by atoms with Crippen LogP contribution in [0.4, 0.5) is 0 Å². The van der Waals surface area contributed by atoms with E-state index >= 15 is 0 Å². The standard InChI is InChI=1S/C15H20O6/c1-8-11-10(17)6-9(7-16)4-3-5-15(2,20)13(18)12(11)21-14(8)19/h4,7,10-13,17-18,20H,1,3,5-6H2,2H3/b9-4+/t10-,11+,12-,13+,15-/m0/s1. The van der Waals surface area contributed by atoms with E-state index in [0.29, 0.717) is 18.3 Å². The quantitative estimate of drug-likeness (QED) is 0.354. The van der Waals surface area contributed by atoms with Crippen LogP contribution < -0.4 is 0 Å². The van der Waals surface area contributed by atoms with Crippen molar-refractivity contribution < 1.29 is 29.6 Å². The molecule has 1 saturated heterocycles. The normalized spacial score (nSPS) is 43.5. The van der Waals surface area contributed by atoms with Crippen LogP contribution >= 0.6 is 0 Å². The fourth-order valence-corrected chi connectivity index (χ4v) is 2.92. The van der Waals surface area contributed by atoms with Gasteiger partial charge in [0, 0.05) is 12.0 Å². The summed E-state index contributed by atoms with van der Waals surface area (Å²) in [6.07, 6.45) is -0.605. The molecule has 0 aromatic rings. The van der Waals surface area contributed by atoms with Gasteiger partial charge in [0.25, 0.3) is 0 Å². The number of ether oxygens (including phenoxy) is 1. The van der Waals surface area contributed by atoms with Crippen LogP contribution in [0.2, 0.25) is 0 Å². The molecule has 0 saturated carbocycles. The second-order valence-corrected chi connectivity index (χ2v) is 5.93. The predicted molar refractivity (Wildman–Crippen MR) is 73.1 cm³/mol. The Labute approximate surface area is 122 Å². The molecular formula is C15H20O6. The summed E-state index contributed by atoms with van der Waals surface area (Å²) in [5.41, 5.74) is -1.07. The van der Waals surface area contributed by atoms with Crippen molar-refractivity contribution in [2.75, 3.05) is 0 Å². The number of hydrogen-bond donors (Lipinski definition) is 3. The highest BCUT2D eigenvalue weighted by Gasteiger charge is 2.51. The molecule has 116 valence electrons. The summed E-state index contributed by atoms with van der Waals surface area (Å²) in [4.78, 5) is 22.7. The number of esters is 1. The Bertz CT molecular complexity index is 492. The lowest BCUT2D eigenvalue weighted by Crippen LogP contribution is -2.51. The number of aliphatic hydroxyl groups excluding tert-OH is 2. The van der Waals surface area contributed by atoms with Gasteiger partial charge in [-0.15, -0.1) is 0 Å². The molecule has 0 unspecified atom stereocenters. The Hall–Kier alpha value is -1.50. The first-order valence-corrected chi connectivity index (χ1v) is 6.90. The zero-order valence-electron chi connectivity index (χ0n) is 11.9. The predicted octanol–water partition coefficient (Wildman–Crippen LogP) is -0.134. The van der Waals surface area contributed by atoms with Gasteiger partial charge in [0.2, 0.25) is 0 Å². The van der Waals surface area contributed by atoms with Gasteiger partial charge in [-0.25, -0.2) is 4.79 Å². The van der Waals surface area contributed by atoms with E-state index in [2.05, 4.69) is 6.58 Å². The van der Waals surface area contributed by atoms with Crippen LogP contribution in [0.1, 0.15) is 26.2 Å². The maximum atomic E-state index is 11.7. The van der Waals surface area contributed by atoms with E-state index in [0.717, 1.165) is 0 Å². The van der Waals surface area contributed by atoms with Gasteiger partial charge in [-0.2, -0.15) is 0 Å². The molecule has 0 aromatic heterocycles. The fraction of sp³-hybridized carbons (Fsp3) is 0.600. The second kappa shape index (κ2) is 5.71. The van der Waals surface area contributed by atoms with Crippen LogP contribution in [0.15, 0.2) is 23.8 Å². The van der Waals surface area contributed by atoms with Gasteiger partial charge in [0.1, 0.15) is 18.5 Å². The van der Waals surface area contributed by atoms with Crippen LogP contribution in [-0.4, -0.2) is 51.5 Å². The summed E-state index contributed by atoms with van der Waals surface area (Å²) in [6, 6.07) is 0. The zero-order chi connectivity index (χ0) is 15.8. The average Bonchev–Trinajstić information content (AvgIpc) is 2.71. The highest BCUT2D eigenvalue weighted by atomic mass is 16.6. The van der Waals surface area contributed by atoms with Crippen molar-refractivity contribution in [2.24, 2.45) is 5.92 Å². The Morgan fingerprint density at radius 3 is 2.76 bits per heavy atom. The molecule has 6 nitrogen and oxygen atoms in total. The Balaban J connectivity index is 2.41. The Kier molecular flexibility index (Phi) is 4.32. The molecule has 3 N–H and O–H groups in total. The van der Waals surface area contributed by atoms with Gasteiger partial charge in [-0.3, -0.25) is 4.79 Å². The van der Waals surface area contributed by atoms with Crippen molar-refractivity contribution in [3.8, 4) is 0 Å².